The van der Waals surface area contributed by atoms with Gasteiger partial charge in [0.15, 0.2) is 11.6 Å². The number of carbonyl (C=O) groups excluding carboxylic acids is 1. The molecule has 36 heavy (non-hydrogen) atoms. The van der Waals surface area contributed by atoms with Crippen molar-refractivity contribution in [3.63, 3.8) is 0 Å². The van der Waals surface area contributed by atoms with Gasteiger partial charge in [0.2, 0.25) is 11.9 Å². The lowest BCUT2D eigenvalue weighted by Crippen LogP contribution is -2.48. The van der Waals surface area contributed by atoms with E-state index in [1.807, 2.05) is 48.2 Å². The molecule has 1 fully saturated rings. The molecular formula is C25H26ClN9O. The maximum Gasteiger partial charge on any atom is 0.229 e. The van der Waals surface area contributed by atoms with Crippen LogP contribution in [0.1, 0.15) is 12.7 Å². The number of amides is 1. The minimum Gasteiger partial charge on any atom is -0.368 e. The number of hydrogen-bond donors (Lipinski definition) is 3. The molecule has 11 heteroatoms. The third-order valence-corrected chi connectivity index (χ3v) is 6.25. The van der Waals surface area contributed by atoms with Crippen molar-refractivity contribution in [3.05, 3.63) is 65.6 Å². The van der Waals surface area contributed by atoms with Gasteiger partial charge in [-0.25, -0.2) is 9.97 Å². The van der Waals surface area contributed by atoms with Gasteiger partial charge < -0.3 is 20.4 Å². The number of piperazine rings is 1. The number of aromatic amines is 1. The predicted molar refractivity (Wildman–Crippen MR) is 141 cm³/mol. The fourth-order valence-corrected chi connectivity index (χ4v) is 4.20. The molecule has 0 unspecified atom stereocenters. The van der Waals surface area contributed by atoms with Crippen molar-refractivity contribution in [3.8, 4) is 11.4 Å². The number of benzene rings is 2. The molecule has 3 N–H and O–H groups in total. The van der Waals surface area contributed by atoms with E-state index >= 15 is 0 Å². The zero-order valence-corrected chi connectivity index (χ0v) is 20.8. The summed E-state index contributed by atoms with van der Waals surface area (Å²) in [6.45, 7) is 6.58. The summed E-state index contributed by atoms with van der Waals surface area (Å²) in [6.07, 6.45) is 1.56. The van der Waals surface area contributed by atoms with E-state index in [9.17, 15) is 4.79 Å². The molecule has 0 aliphatic carbocycles. The third-order valence-electron chi connectivity index (χ3n) is 5.98. The number of rotatable bonds is 6. The van der Waals surface area contributed by atoms with Crippen LogP contribution in [0.25, 0.3) is 11.4 Å². The molecule has 4 aromatic rings. The lowest BCUT2D eigenvalue weighted by atomic mass is 10.1. The van der Waals surface area contributed by atoms with Crippen LogP contribution in [-0.2, 0) is 4.79 Å². The van der Waals surface area contributed by atoms with Gasteiger partial charge in [-0.05, 0) is 43.3 Å². The second-order valence-corrected chi connectivity index (χ2v) is 8.88. The molecule has 0 radical (unpaired) electrons. The van der Waals surface area contributed by atoms with E-state index in [2.05, 4.69) is 52.8 Å². The highest BCUT2D eigenvalue weighted by atomic mass is 35.5. The van der Waals surface area contributed by atoms with E-state index in [1.54, 1.807) is 13.1 Å². The summed E-state index contributed by atoms with van der Waals surface area (Å²) in [4.78, 5) is 29.0. The monoisotopic (exact) mass is 503 g/mol. The molecule has 0 spiro atoms. The third kappa shape index (κ3) is 5.23. The molecular weight excluding hydrogens is 478 g/mol. The number of hydrogen-bond acceptors (Lipinski definition) is 8. The van der Waals surface area contributed by atoms with E-state index in [0.717, 1.165) is 54.6 Å². The van der Waals surface area contributed by atoms with Crippen molar-refractivity contribution < 1.29 is 4.79 Å². The fraction of sp³-hybridized carbons (Fsp3) is 0.240. The molecule has 1 amide bonds. The largest absolute Gasteiger partial charge is 0.368 e. The van der Waals surface area contributed by atoms with Crippen LogP contribution in [0.3, 0.4) is 0 Å². The van der Waals surface area contributed by atoms with Crippen LogP contribution in [0.4, 0.5) is 28.8 Å². The minimum absolute atomic E-state index is 0.127. The van der Waals surface area contributed by atoms with E-state index in [-0.39, 0.29) is 5.91 Å². The number of aryl methyl sites for hydroxylation is 1. The Morgan fingerprint density at radius 2 is 1.75 bits per heavy atom. The van der Waals surface area contributed by atoms with Gasteiger partial charge in [-0.1, -0.05) is 23.7 Å². The number of carbonyl (C=O) groups is 1. The average molecular weight is 504 g/mol. The van der Waals surface area contributed by atoms with E-state index in [1.165, 1.54) is 0 Å². The Bertz CT molecular complexity index is 1360. The Balaban J connectivity index is 1.29. The molecule has 2 aromatic carbocycles. The normalized spacial score (nSPS) is 13.5. The van der Waals surface area contributed by atoms with Crippen molar-refractivity contribution in [1.82, 2.24) is 30.0 Å². The molecule has 10 nitrogen and oxygen atoms in total. The molecule has 3 heterocycles. The fourth-order valence-electron chi connectivity index (χ4n) is 4.06. The zero-order valence-electron chi connectivity index (χ0n) is 20.0. The maximum absolute atomic E-state index is 11.6. The highest BCUT2D eigenvalue weighted by Crippen LogP contribution is 2.31. The Labute approximate surface area is 213 Å². The van der Waals surface area contributed by atoms with E-state index in [4.69, 9.17) is 11.6 Å². The summed E-state index contributed by atoms with van der Waals surface area (Å²) in [7, 11) is 0. The van der Waals surface area contributed by atoms with Crippen LogP contribution in [0.5, 0.6) is 0 Å². The smallest absolute Gasteiger partial charge is 0.229 e. The van der Waals surface area contributed by atoms with Crippen molar-refractivity contribution in [1.29, 1.82) is 0 Å². The van der Waals surface area contributed by atoms with Crippen LogP contribution < -0.4 is 15.5 Å². The first-order valence-electron chi connectivity index (χ1n) is 11.6. The summed E-state index contributed by atoms with van der Waals surface area (Å²) >= 11 is 6.41. The molecule has 1 saturated heterocycles. The van der Waals surface area contributed by atoms with Gasteiger partial charge in [-0.2, -0.15) is 10.1 Å². The molecule has 0 atom stereocenters. The van der Waals surface area contributed by atoms with Gasteiger partial charge in [-0.3, -0.25) is 9.89 Å². The van der Waals surface area contributed by atoms with Crippen molar-refractivity contribution >= 4 is 46.3 Å². The van der Waals surface area contributed by atoms with Crippen LogP contribution in [0, 0.1) is 6.92 Å². The van der Waals surface area contributed by atoms with E-state index < -0.39 is 0 Å². The number of nitrogens with one attached hydrogen (secondary N) is 3. The second kappa shape index (κ2) is 10.2. The topological polar surface area (TPSA) is 115 Å². The first-order valence-corrected chi connectivity index (χ1v) is 12.0. The summed E-state index contributed by atoms with van der Waals surface area (Å²) in [5, 5.41) is 14.0. The number of H-pyrrole nitrogens is 1. The number of halogens is 1. The summed E-state index contributed by atoms with van der Waals surface area (Å²) in [5.41, 5.74) is 3.57. The van der Waals surface area contributed by atoms with Crippen molar-refractivity contribution in [2.24, 2.45) is 0 Å². The lowest BCUT2D eigenvalue weighted by molar-refractivity contribution is -0.129. The quantitative estimate of drug-likeness (QED) is 0.355. The molecule has 0 saturated carbocycles. The number of aromatic nitrogens is 5. The van der Waals surface area contributed by atoms with Crippen molar-refractivity contribution in [2.75, 3.05) is 41.7 Å². The highest BCUT2D eigenvalue weighted by molar-refractivity contribution is 6.33. The lowest BCUT2D eigenvalue weighted by Gasteiger charge is -2.35. The van der Waals surface area contributed by atoms with Gasteiger partial charge >= 0.3 is 0 Å². The molecule has 184 valence electrons. The summed E-state index contributed by atoms with van der Waals surface area (Å²) < 4.78 is 0. The second-order valence-electron chi connectivity index (χ2n) is 8.47. The van der Waals surface area contributed by atoms with Crippen molar-refractivity contribution in [2.45, 2.75) is 13.8 Å². The number of nitrogens with zero attached hydrogens (tertiary/aromatic N) is 6. The van der Waals surface area contributed by atoms with Crippen LogP contribution >= 0.6 is 11.6 Å². The first kappa shape index (κ1) is 23.6. The van der Waals surface area contributed by atoms with Gasteiger partial charge in [0.25, 0.3) is 0 Å². The van der Waals surface area contributed by atoms with Crippen LogP contribution in [-0.4, -0.2) is 62.1 Å². The zero-order chi connectivity index (χ0) is 25.1. The SMILES string of the molecule is CC(=O)N1CCN(c2ccc(Nc3ncc(Cl)c(Nc4ccccc4-c4n[nH]c(C)n4)n3)cc2)CC1. The maximum atomic E-state index is 11.6. The number of anilines is 5. The summed E-state index contributed by atoms with van der Waals surface area (Å²) in [5.74, 6) is 2.32. The van der Waals surface area contributed by atoms with Gasteiger partial charge in [-0.15, -0.1) is 0 Å². The molecule has 1 aliphatic rings. The summed E-state index contributed by atoms with van der Waals surface area (Å²) in [6, 6.07) is 15.8. The molecule has 2 aromatic heterocycles. The predicted octanol–water partition coefficient (Wildman–Crippen LogP) is 4.38. The first-order chi connectivity index (χ1) is 17.5. The Kier molecular flexibility index (Phi) is 6.68. The van der Waals surface area contributed by atoms with Crippen LogP contribution in [0.2, 0.25) is 5.02 Å². The number of para-hydroxylation sites is 1. The van der Waals surface area contributed by atoms with Gasteiger partial charge in [0.05, 0.1) is 11.9 Å². The average Bonchev–Trinajstić information content (AvgIpc) is 3.33. The van der Waals surface area contributed by atoms with Gasteiger partial charge in [0.1, 0.15) is 10.8 Å². The van der Waals surface area contributed by atoms with Gasteiger partial charge in [0, 0.05) is 50.0 Å². The Hall–Kier alpha value is -4.18. The van der Waals surface area contributed by atoms with E-state index in [0.29, 0.717) is 22.6 Å². The molecule has 5 rings (SSSR count). The Morgan fingerprint density at radius 1 is 1.00 bits per heavy atom. The standard InChI is InChI=1S/C25H26ClN9O/c1-16-28-23(33-32-16)20-5-3-4-6-22(20)30-24-21(26)15-27-25(31-24)29-18-7-9-19(10-8-18)35-13-11-34(12-14-35)17(2)36/h3-10,15H,11-14H2,1-2H3,(H,28,32,33)(H2,27,29,30,31). The van der Waals surface area contributed by atoms with Crippen LogP contribution in [0.15, 0.2) is 54.7 Å². The Morgan fingerprint density at radius 3 is 2.44 bits per heavy atom. The highest BCUT2D eigenvalue weighted by Gasteiger charge is 2.19. The molecule has 0 bridgehead atoms. The molecule has 1 aliphatic heterocycles. The minimum atomic E-state index is 0.127.